The Morgan fingerprint density at radius 3 is 2.71 bits per heavy atom. The molecule has 98 valence electrons. The molecule has 1 aromatic heterocycles. The number of hydrogen-bond acceptors (Lipinski definition) is 4. The molecule has 0 aliphatic carbocycles. The Labute approximate surface area is 116 Å². The standard InChI is InChI=1S/C11H18BrNO2S2/c1-3-5-13-9(8-17(2,14)15)7-11-10(12)4-6-16-11/h4,6,9,13H,3,5,7-8H2,1-2H3. The van der Waals surface area contributed by atoms with Gasteiger partial charge in [-0.05, 0) is 46.8 Å². The third-order valence-electron chi connectivity index (χ3n) is 2.31. The zero-order valence-corrected chi connectivity index (χ0v) is 13.3. The van der Waals surface area contributed by atoms with Crippen molar-refractivity contribution in [3.05, 3.63) is 20.8 Å². The highest BCUT2D eigenvalue weighted by Gasteiger charge is 2.17. The molecule has 0 amide bonds. The Hall–Kier alpha value is 0.0900. The van der Waals surface area contributed by atoms with E-state index in [9.17, 15) is 8.42 Å². The van der Waals surface area contributed by atoms with Crippen molar-refractivity contribution in [1.82, 2.24) is 5.32 Å². The number of rotatable bonds is 7. The average molecular weight is 340 g/mol. The van der Waals surface area contributed by atoms with E-state index >= 15 is 0 Å². The highest BCUT2D eigenvalue weighted by molar-refractivity contribution is 9.10. The molecule has 1 rings (SSSR count). The summed E-state index contributed by atoms with van der Waals surface area (Å²) in [5, 5.41) is 5.31. The Balaban J connectivity index is 2.66. The normalized spacial score (nSPS) is 13.8. The number of thiophene rings is 1. The van der Waals surface area contributed by atoms with Crippen LogP contribution in [0.4, 0.5) is 0 Å². The summed E-state index contributed by atoms with van der Waals surface area (Å²) in [4.78, 5) is 1.20. The quantitative estimate of drug-likeness (QED) is 0.829. The predicted molar refractivity (Wildman–Crippen MR) is 77.5 cm³/mol. The summed E-state index contributed by atoms with van der Waals surface area (Å²) in [6.45, 7) is 2.93. The van der Waals surface area contributed by atoms with Crippen LogP contribution in [0.1, 0.15) is 18.2 Å². The lowest BCUT2D eigenvalue weighted by molar-refractivity contribution is 0.532. The first-order valence-corrected chi connectivity index (χ1v) is 9.28. The van der Waals surface area contributed by atoms with Crippen LogP contribution < -0.4 is 5.32 Å². The molecule has 0 spiro atoms. The van der Waals surface area contributed by atoms with Crippen molar-refractivity contribution in [2.75, 3.05) is 18.6 Å². The molecule has 0 aromatic carbocycles. The summed E-state index contributed by atoms with van der Waals surface area (Å²) in [6.07, 6.45) is 3.05. The van der Waals surface area contributed by atoms with Crippen LogP contribution in [0.15, 0.2) is 15.9 Å². The molecule has 0 saturated carbocycles. The van der Waals surface area contributed by atoms with Gasteiger partial charge in [0, 0.05) is 21.6 Å². The molecule has 0 saturated heterocycles. The molecule has 3 nitrogen and oxygen atoms in total. The van der Waals surface area contributed by atoms with Crippen molar-refractivity contribution < 1.29 is 8.42 Å². The maximum absolute atomic E-state index is 11.4. The van der Waals surface area contributed by atoms with Gasteiger partial charge in [-0.15, -0.1) is 11.3 Å². The molecular weight excluding hydrogens is 322 g/mol. The van der Waals surface area contributed by atoms with E-state index in [1.165, 1.54) is 11.1 Å². The number of nitrogens with one attached hydrogen (secondary N) is 1. The van der Waals surface area contributed by atoms with Crippen LogP contribution in [0.3, 0.4) is 0 Å². The van der Waals surface area contributed by atoms with Gasteiger partial charge in [-0.1, -0.05) is 6.92 Å². The minimum Gasteiger partial charge on any atom is -0.313 e. The van der Waals surface area contributed by atoms with Gasteiger partial charge in [0.25, 0.3) is 0 Å². The van der Waals surface area contributed by atoms with Gasteiger partial charge in [0.1, 0.15) is 9.84 Å². The molecule has 1 aromatic rings. The second-order valence-electron chi connectivity index (χ2n) is 4.14. The number of sulfone groups is 1. The minimum absolute atomic E-state index is 0.0000926. The third kappa shape index (κ3) is 5.99. The van der Waals surface area contributed by atoms with Crippen LogP contribution in [0.25, 0.3) is 0 Å². The van der Waals surface area contributed by atoms with Gasteiger partial charge in [-0.2, -0.15) is 0 Å². The summed E-state index contributed by atoms with van der Waals surface area (Å²) < 4.78 is 23.8. The minimum atomic E-state index is -2.94. The fourth-order valence-electron chi connectivity index (χ4n) is 1.60. The Morgan fingerprint density at radius 2 is 2.24 bits per heavy atom. The first kappa shape index (κ1) is 15.1. The second kappa shape index (κ2) is 6.87. The molecule has 0 fully saturated rings. The molecule has 0 aliphatic heterocycles. The van der Waals surface area contributed by atoms with Crippen LogP contribution in [0.2, 0.25) is 0 Å². The molecule has 1 heterocycles. The first-order valence-electron chi connectivity index (χ1n) is 5.55. The first-order chi connectivity index (χ1) is 7.92. The lowest BCUT2D eigenvalue weighted by atomic mass is 10.2. The molecule has 1 unspecified atom stereocenters. The monoisotopic (exact) mass is 339 g/mol. The van der Waals surface area contributed by atoms with Crippen molar-refractivity contribution in [3.63, 3.8) is 0 Å². The van der Waals surface area contributed by atoms with Gasteiger partial charge in [-0.25, -0.2) is 8.42 Å². The van der Waals surface area contributed by atoms with Crippen LogP contribution in [0, 0.1) is 0 Å². The van der Waals surface area contributed by atoms with Gasteiger partial charge in [0.15, 0.2) is 0 Å². The fraction of sp³-hybridized carbons (Fsp3) is 0.636. The largest absolute Gasteiger partial charge is 0.313 e. The SMILES string of the molecule is CCCNC(Cc1sccc1Br)CS(C)(=O)=O. The predicted octanol–water partition coefficient (Wildman–Crippen LogP) is 2.47. The Bertz CT molecular complexity index is 442. The summed E-state index contributed by atoms with van der Waals surface area (Å²) in [5.41, 5.74) is 0. The second-order valence-corrected chi connectivity index (χ2v) is 8.18. The van der Waals surface area contributed by atoms with Crippen LogP contribution in [0.5, 0.6) is 0 Å². The van der Waals surface area contributed by atoms with E-state index in [1.54, 1.807) is 11.3 Å². The summed E-state index contributed by atoms with van der Waals surface area (Å²) in [7, 11) is -2.94. The third-order valence-corrected chi connectivity index (χ3v) is 5.27. The Morgan fingerprint density at radius 1 is 1.53 bits per heavy atom. The number of halogens is 1. The zero-order chi connectivity index (χ0) is 12.9. The smallest absolute Gasteiger partial charge is 0.148 e. The van der Waals surface area contributed by atoms with E-state index in [4.69, 9.17) is 0 Å². The molecule has 0 radical (unpaired) electrons. The number of hydrogen-bond donors (Lipinski definition) is 1. The van der Waals surface area contributed by atoms with E-state index in [-0.39, 0.29) is 11.8 Å². The van der Waals surface area contributed by atoms with Crippen molar-refractivity contribution in [1.29, 1.82) is 0 Å². The van der Waals surface area contributed by atoms with Gasteiger partial charge >= 0.3 is 0 Å². The zero-order valence-electron chi connectivity index (χ0n) is 10.1. The lowest BCUT2D eigenvalue weighted by Gasteiger charge is -2.17. The molecule has 1 atom stereocenters. The molecule has 17 heavy (non-hydrogen) atoms. The van der Waals surface area contributed by atoms with Crippen molar-refractivity contribution in [3.8, 4) is 0 Å². The lowest BCUT2D eigenvalue weighted by Crippen LogP contribution is -2.37. The maximum Gasteiger partial charge on any atom is 0.148 e. The van der Waals surface area contributed by atoms with Crippen molar-refractivity contribution in [2.24, 2.45) is 0 Å². The Kier molecular flexibility index (Phi) is 6.12. The van der Waals surface area contributed by atoms with E-state index in [1.807, 2.05) is 11.4 Å². The van der Waals surface area contributed by atoms with Crippen molar-refractivity contribution in [2.45, 2.75) is 25.8 Å². The van der Waals surface area contributed by atoms with E-state index in [0.717, 1.165) is 23.9 Å². The molecule has 6 heteroatoms. The fourth-order valence-corrected chi connectivity index (χ4v) is 4.16. The highest BCUT2D eigenvalue weighted by Crippen LogP contribution is 2.24. The van der Waals surface area contributed by atoms with Crippen molar-refractivity contribution >= 4 is 37.1 Å². The van der Waals surface area contributed by atoms with Gasteiger partial charge < -0.3 is 5.32 Å². The van der Waals surface area contributed by atoms with E-state index in [2.05, 4.69) is 28.2 Å². The van der Waals surface area contributed by atoms with E-state index < -0.39 is 9.84 Å². The van der Waals surface area contributed by atoms with Gasteiger partial charge in [0.05, 0.1) is 5.75 Å². The van der Waals surface area contributed by atoms with Crippen LogP contribution >= 0.6 is 27.3 Å². The molecular formula is C11H18BrNO2S2. The van der Waals surface area contributed by atoms with Crippen LogP contribution in [-0.4, -0.2) is 33.0 Å². The maximum atomic E-state index is 11.4. The summed E-state index contributed by atoms with van der Waals surface area (Å²) in [5.74, 6) is 0.192. The average Bonchev–Trinajstić information content (AvgIpc) is 2.59. The summed E-state index contributed by atoms with van der Waals surface area (Å²) >= 11 is 5.13. The van der Waals surface area contributed by atoms with Crippen LogP contribution in [-0.2, 0) is 16.3 Å². The highest BCUT2D eigenvalue weighted by atomic mass is 79.9. The van der Waals surface area contributed by atoms with E-state index in [0.29, 0.717) is 0 Å². The van der Waals surface area contributed by atoms with Gasteiger partial charge in [0.2, 0.25) is 0 Å². The van der Waals surface area contributed by atoms with Gasteiger partial charge in [-0.3, -0.25) is 0 Å². The molecule has 0 aliphatic rings. The summed E-state index contributed by atoms with van der Waals surface area (Å²) in [6, 6.07) is 2.00. The topological polar surface area (TPSA) is 46.2 Å². The molecule has 1 N–H and O–H groups in total. The molecule has 0 bridgehead atoms.